The molecule has 0 amide bonds. The zero-order valence-corrected chi connectivity index (χ0v) is 21.0. The second kappa shape index (κ2) is 12.0. The molecule has 3 aromatic carbocycles. The molecule has 0 saturated heterocycles. The number of aryl methyl sites for hydroxylation is 3. The Labute approximate surface area is 204 Å². The van der Waals surface area contributed by atoms with E-state index in [-0.39, 0.29) is 0 Å². The lowest BCUT2D eigenvalue weighted by atomic mass is 9.77. The van der Waals surface area contributed by atoms with Crippen molar-refractivity contribution in [3.05, 3.63) is 82.4 Å². The number of rotatable bonds is 10. The third kappa shape index (κ3) is 6.06. The van der Waals surface area contributed by atoms with Crippen LogP contribution in [0, 0.1) is 17.6 Å². The van der Waals surface area contributed by atoms with E-state index in [0.717, 1.165) is 36.1 Å². The quantitative estimate of drug-likeness (QED) is 0.263. The first-order chi connectivity index (χ1) is 16.6. The summed E-state index contributed by atoms with van der Waals surface area (Å²) < 4.78 is 29.6. The molecular formula is C32H40F2. The number of hydrogen-bond acceptors (Lipinski definition) is 0. The van der Waals surface area contributed by atoms with Crippen molar-refractivity contribution in [1.82, 2.24) is 0 Å². The van der Waals surface area contributed by atoms with Crippen LogP contribution in [0.25, 0.3) is 10.8 Å². The van der Waals surface area contributed by atoms with Crippen LogP contribution < -0.4 is 0 Å². The van der Waals surface area contributed by atoms with Gasteiger partial charge in [-0.15, -0.1) is 0 Å². The normalized spacial score (nSPS) is 18.5. The van der Waals surface area contributed by atoms with Gasteiger partial charge in [0.25, 0.3) is 0 Å². The highest BCUT2D eigenvalue weighted by Gasteiger charge is 2.22. The Morgan fingerprint density at radius 1 is 0.706 bits per heavy atom. The Hall–Kier alpha value is -2.22. The average Bonchev–Trinajstić information content (AvgIpc) is 2.87. The SMILES string of the molecule is CCCCCC1CCC(c2ccc(CCc3cc4ccc(CCC)cc4c(F)c3F)cc2)CC1. The molecule has 0 nitrogen and oxygen atoms in total. The van der Waals surface area contributed by atoms with Gasteiger partial charge < -0.3 is 0 Å². The van der Waals surface area contributed by atoms with Crippen molar-refractivity contribution < 1.29 is 8.78 Å². The molecular weight excluding hydrogens is 422 g/mol. The van der Waals surface area contributed by atoms with E-state index < -0.39 is 11.6 Å². The summed E-state index contributed by atoms with van der Waals surface area (Å²) in [6.45, 7) is 4.37. The molecule has 0 spiro atoms. The number of benzene rings is 3. The Morgan fingerprint density at radius 2 is 1.44 bits per heavy atom. The van der Waals surface area contributed by atoms with Crippen LogP contribution >= 0.6 is 0 Å². The Balaban J connectivity index is 1.35. The molecule has 1 aliphatic carbocycles. The van der Waals surface area contributed by atoms with Crippen molar-refractivity contribution in [3.63, 3.8) is 0 Å². The van der Waals surface area contributed by atoms with Crippen molar-refractivity contribution in [1.29, 1.82) is 0 Å². The van der Waals surface area contributed by atoms with Crippen LogP contribution in [0.4, 0.5) is 8.78 Å². The van der Waals surface area contributed by atoms with E-state index in [2.05, 4.69) is 38.1 Å². The monoisotopic (exact) mass is 462 g/mol. The lowest BCUT2D eigenvalue weighted by molar-refractivity contribution is 0.303. The molecule has 1 aliphatic rings. The van der Waals surface area contributed by atoms with Gasteiger partial charge in [-0.25, -0.2) is 8.78 Å². The highest BCUT2D eigenvalue weighted by Crippen LogP contribution is 2.38. The summed E-state index contributed by atoms with van der Waals surface area (Å²) in [5, 5.41) is 1.19. The fraction of sp³-hybridized carbons (Fsp3) is 0.500. The molecule has 34 heavy (non-hydrogen) atoms. The lowest BCUT2D eigenvalue weighted by Gasteiger charge is -2.29. The molecule has 0 radical (unpaired) electrons. The van der Waals surface area contributed by atoms with E-state index in [1.165, 1.54) is 62.5 Å². The summed E-state index contributed by atoms with van der Waals surface area (Å²) >= 11 is 0. The standard InChI is InChI=1S/C32H40F2/c1-3-5-6-8-23-9-15-26(16-10-23)27-17-11-24(12-18-27)13-20-29-22-28-19-14-25(7-4-2)21-30(28)32(34)31(29)33/h11-12,14,17-19,21-23,26H,3-10,13,15-16,20H2,1-2H3. The second-order valence-electron chi connectivity index (χ2n) is 10.4. The molecule has 182 valence electrons. The first kappa shape index (κ1) is 24.9. The van der Waals surface area contributed by atoms with Crippen molar-refractivity contribution in [2.75, 3.05) is 0 Å². The van der Waals surface area contributed by atoms with Gasteiger partial charge in [-0.05, 0) is 96.6 Å². The highest BCUT2D eigenvalue weighted by molar-refractivity contribution is 5.84. The number of hydrogen-bond donors (Lipinski definition) is 0. The van der Waals surface area contributed by atoms with Gasteiger partial charge in [-0.1, -0.05) is 82.3 Å². The van der Waals surface area contributed by atoms with Crippen LogP contribution in [0.1, 0.15) is 99.8 Å². The largest absolute Gasteiger partial charge is 0.203 e. The maximum atomic E-state index is 14.8. The second-order valence-corrected chi connectivity index (χ2v) is 10.4. The van der Waals surface area contributed by atoms with Crippen LogP contribution in [0.5, 0.6) is 0 Å². The van der Waals surface area contributed by atoms with E-state index in [1.54, 1.807) is 6.07 Å². The van der Waals surface area contributed by atoms with Crippen molar-refractivity contribution >= 4 is 10.8 Å². The molecule has 2 heteroatoms. The van der Waals surface area contributed by atoms with E-state index >= 15 is 0 Å². The van der Waals surface area contributed by atoms with E-state index in [0.29, 0.717) is 23.3 Å². The van der Waals surface area contributed by atoms with Crippen LogP contribution in [-0.2, 0) is 19.3 Å². The van der Waals surface area contributed by atoms with Crippen molar-refractivity contribution in [2.24, 2.45) is 5.92 Å². The van der Waals surface area contributed by atoms with Crippen molar-refractivity contribution in [3.8, 4) is 0 Å². The molecule has 0 aromatic heterocycles. The molecule has 3 aromatic rings. The summed E-state index contributed by atoms with van der Waals surface area (Å²) in [6.07, 6.45) is 13.9. The fourth-order valence-corrected chi connectivity index (χ4v) is 5.76. The molecule has 0 unspecified atom stereocenters. The Kier molecular flexibility index (Phi) is 8.75. The van der Waals surface area contributed by atoms with E-state index in [1.807, 2.05) is 18.2 Å². The van der Waals surface area contributed by atoms with Crippen LogP contribution in [0.2, 0.25) is 0 Å². The van der Waals surface area contributed by atoms with Crippen LogP contribution in [-0.4, -0.2) is 0 Å². The number of halogens is 2. The topological polar surface area (TPSA) is 0 Å². The molecule has 1 fully saturated rings. The predicted molar refractivity (Wildman–Crippen MR) is 141 cm³/mol. The van der Waals surface area contributed by atoms with Gasteiger partial charge in [0.15, 0.2) is 11.6 Å². The zero-order valence-electron chi connectivity index (χ0n) is 21.0. The minimum absolute atomic E-state index is 0.400. The summed E-state index contributed by atoms with van der Waals surface area (Å²) in [7, 11) is 0. The van der Waals surface area contributed by atoms with Crippen LogP contribution in [0.3, 0.4) is 0 Å². The minimum atomic E-state index is -0.703. The minimum Gasteiger partial charge on any atom is -0.203 e. The van der Waals surface area contributed by atoms with E-state index in [9.17, 15) is 8.78 Å². The maximum absolute atomic E-state index is 14.8. The molecule has 0 bridgehead atoms. The molecule has 0 N–H and O–H groups in total. The summed E-state index contributed by atoms with van der Waals surface area (Å²) in [5.74, 6) is 0.221. The van der Waals surface area contributed by atoms with Gasteiger partial charge in [0.05, 0.1) is 0 Å². The maximum Gasteiger partial charge on any atom is 0.166 e. The summed E-state index contributed by atoms with van der Waals surface area (Å²) in [5.41, 5.74) is 4.17. The van der Waals surface area contributed by atoms with E-state index in [4.69, 9.17) is 0 Å². The van der Waals surface area contributed by atoms with Gasteiger partial charge in [-0.2, -0.15) is 0 Å². The summed E-state index contributed by atoms with van der Waals surface area (Å²) in [4.78, 5) is 0. The number of unbranched alkanes of at least 4 members (excludes halogenated alkanes) is 2. The van der Waals surface area contributed by atoms with Gasteiger partial charge in [0.1, 0.15) is 0 Å². The molecule has 0 aliphatic heterocycles. The fourth-order valence-electron chi connectivity index (χ4n) is 5.76. The molecule has 4 rings (SSSR count). The van der Waals surface area contributed by atoms with Gasteiger partial charge >= 0.3 is 0 Å². The average molecular weight is 463 g/mol. The first-order valence-electron chi connectivity index (χ1n) is 13.6. The highest BCUT2D eigenvalue weighted by atomic mass is 19.2. The Bertz CT molecular complexity index is 1060. The predicted octanol–water partition coefficient (Wildman–Crippen LogP) is 9.71. The zero-order chi connectivity index (χ0) is 23.9. The van der Waals surface area contributed by atoms with Crippen molar-refractivity contribution in [2.45, 2.75) is 96.8 Å². The third-order valence-corrected chi connectivity index (χ3v) is 7.89. The van der Waals surface area contributed by atoms with Gasteiger partial charge in [0.2, 0.25) is 0 Å². The molecule has 0 heterocycles. The summed E-state index contributed by atoms with van der Waals surface area (Å²) in [6, 6.07) is 16.5. The Morgan fingerprint density at radius 3 is 2.15 bits per heavy atom. The molecule has 1 saturated carbocycles. The smallest absolute Gasteiger partial charge is 0.166 e. The lowest BCUT2D eigenvalue weighted by Crippen LogP contribution is -2.13. The van der Waals surface area contributed by atoms with Gasteiger partial charge in [0, 0.05) is 5.39 Å². The first-order valence-corrected chi connectivity index (χ1v) is 13.6. The van der Waals surface area contributed by atoms with Gasteiger partial charge in [-0.3, -0.25) is 0 Å². The molecule has 0 atom stereocenters. The van der Waals surface area contributed by atoms with Crippen LogP contribution in [0.15, 0.2) is 48.5 Å². The number of fused-ring (bicyclic) bond motifs is 1. The third-order valence-electron chi connectivity index (χ3n) is 7.89.